The van der Waals surface area contributed by atoms with Gasteiger partial charge in [-0.3, -0.25) is 14.2 Å². The summed E-state index contributed by atoms with van der Waals surface area (Å²) >= 11 is 0. The smallest absolute Gasteiger partial charge is 0.276 e. The Kier molecular flexibility index (Phi) is 5.45. The first-order chi connectivity index (χ1) is 16.4. The van der Waals surface area contributed by atoms with E-state index in [0.29, 0.717) is 23.6 Å². The van der Waals surface area contributed by atoms with Crippen molar-refractivity contribution in [3.8, 4) is 11.3 Å². The first-order valence-electron chi connectivity index (χ1n) is 11.2. The van der Waals surface area contributed by atoms with Gasteiger partial charge in [0.25, 0.3) is 5.91 Å². The number of carbonyl (C=O) groups excluding carboxylic acids is 1. The lowest BCUT2D eigenvalue weighted by atomic mass is 10.2. The van der Waals surface area contributed by atoms with E-state index in [0.717, 1.165) is 40.4 Å². The third-order valence-corrected chi connectivity index (χ3v) is 5.89. The molecule has 0 aliphatic heterocycles. The molecule has 9 nitrogen and oxygen atoms in total. The number of hydrogen-bond donors (Lipinski definition) is 1. The summed E-state index contributed by atoms with van der Waals surface area (Å²) in [5.41, 5.74) is 7.57. The first kappa shape index (κ1) is 21.6. The molecule has 5 rings (SSSR count). The predicted octanol–water partition coefficient (Wildman–Crippen LogP) is 4.04. The van der Waals surface area contributed by atoms with E-state index in [1.807, 2.05) is 72.7 Å². The van der Waals surface area contributed by atoms with E-state index in [9.17, 15) is 4.79 Å². The summed E-state index contributed by atoms with van der Waals surface area (Å²) in [6.07, 6.45) is 3.54. The van der Waals surface area contributed by atoms with Crippen LogP contribution < -0.4 is 5.32 Å². The molecule has 1 aromatic carbocycles. The fourth-order valence-corrected chi connectivity index (χ4v) is 4.18. The first-order valence-corrected chi connectivity index (χ1v) is 11.2. The molecule has 5 aromatic rings. The highest BCUT2D eigenvalue weighted by atomic mass is 16.1. The van der Waals surface area contributed by atoms with Gasteiger partial charge in [0.2, 0.25) is 0 Å². The van der Waals surface area contributed by atoms with Crippen LogP contribution in [0, 0.1) is 20.8 Å². The van der Waals surface area contributed by atoms with Crippen molar-refractivity contribution in [3.05, 3.63) is 83.2 Å². The van der Waals surface area contributed by atoms with Crippen molar-refractivity contribution in [2.45, 2.75) is 40.8 Å². The fraction of sp³-hybridized carbons (Fsp3) is 0.240. The highest BCUT2D eigenvalue weighted by Crippen LogP contribution is 2.24. The van der Waals surface area contributed by atoms with Gasteiger partial charge in [-0.15, -0.1) is 0 Å². The highest BCUT2D eigenvalue weighted by molar-refractivity contribution is 6.03. The summed E-state index contributed by atoms with van der Waals surface area (Å²) in [5.74, 6) is -0.291. The van der Waals surface area contributed by atoms with Gasteiger partial charge in [0.15, 0.2) is 11.3 Å². The molecule has 0 unspecified atom stereocenters. The Morgan fingerprint density at radius 2 is 1.88 bits per heavy atom. The van der Waals surface area contributed by atoms with Crippen LogP contribution in [-0.2, 0) is 13.1 Å². The summed E-state index contributed by atoms with van der Waals surface area (Å²) in [7, 11) is 0. The second-order valence-corrected chi connectivity index (χ2v) is 8.33. The minimum absolute atomic E-state index is 0.291. The van der Waals surface area contributed by atoms with E-state index < -0.39 is 0 Å². The van der Waals surface area contributed by atoms with Crippen LogP contribution >= 0.6 is 0 Å². The Morgan fingerprint density at radius 3 is 2.62 bits per heavy atom. The number of anilines is 1. The monoisotopic (exact) mass is 454 g/mol. The van der Waals surface area contributed by atoms with E-state index in [4.69, 9.17) is 0 Å². The molecule has 0 fully saturated rings. The van der Waals surface area contributed by atoms with Crippen molar-refractivity contribution in [1.82, 2.24) is 34.2 Å². The summed E-state index contributed by atoms with van der Waals surface area (Å²) < 4.78 is 5.57. The molecular weight excluding hydrogens is 428 g/mol. The zero-order valence-corrected chi connectivity index (χ0v) is 19.6. The van der Waals surface area contributed by atoms with Crippen LogP contribution in [0.25, 0.3) is 16.9 Å². The van der Waals surface area contributed by atoms with Gasteiger partial charge < -0.3 is 5.32 Å². The largest absolute Gasteiger partial charge is 0.321 e. The molecule has 172 valence electrons. The van der Waals surface area contributed by atoms with Crippen LogP contribution in [0.15, 0.2) is 54.9 Å². The molecule has 0 saturated carbocycles. The van der Waals surface area contributed by atoms with Gasteiger partial charge in [0, 0.05) is 41.4 Å². The lowest BCUT2D eigenvalue weighted by molar-refractivity contribution is 0.102. The lowest BCUT2D eigenvalue weighted by Crippen LogP contribution is -2.13. The number of aryl methyl sites for hydroxylation is 3. The highest BCUT2D eigenvalue weighted by Gasteiger charge is 2.17. The summed E-state index contributed by atoms with van der Waals surface area (Å²) in [6.45, 7) is 9.50. The molecule has 0 atom stereocenters. The number of hydrogen-bond acceptors (Lipinski definition) is 5. The fourth-order valence-electron chi connectivity index (χ4n) is 4.18. The van der Waals surface area contributed by atoms with Crippen LogP contribution in [0.3, 0.4) is 0 Å². The molecule has 0 saturated heterocycles. The minimum Gasteiger partial charge on any atom is -0.321 e. The number of nitrogens with zero attached hydrogens (tertiary/aromatic N) is 7. The molecular formula is C25H26N8O. The number of fused-ring (bicyclic) bond motifs is 1. The van der Waals surface area contributed by atoms with E-state index in [2.05, 4.69) is 32.5 Å². The van der Waals surface area contributed by atoms with Crippen LogP contribution in [-0.4, -0.2) is 40.1 Å². The third kappa shape index (κ3) is 3.96. The molecule has 0 bridgehead atoms. The van der Waals surface area contributed by atoms with Crippen molar-refractivity contribution >= 4 is 17.2 Å². The lowest BCUT2D eigenvalue weighted by Gasteiger charge is -2.08. The van der Waals surface area contributed by atoms with Gasteiger partial charge in [0.05, 0.1) is 24.1 Å². The van der Waals surface area contributed by atoms with Crippen molar-refractivity contribution in [2.24, 2.45) is 0 Å². The Morgan fingerprint density at radius 1 is 1.03 bits per heavy atom. The maximum Gasteiger partial charge on any atom is 0.276 e. The second kappa shape index (κ2) is 8.58. The zero-order chi connectivity index (χ0) is 23.8. The normalized spacial score (nSPS) is 11.3. The van der Waals surface area contributed by atoms with Gasteiger partial charge in [-0.25, -0.2) is 9.50 Å². The van der Waals surface area contributed by atoms with Crippen LogP contribution in [0.2, 0.25) is 0 Å². The third-order valence-electron chi connectivity index (χ3n) is 5.89. The molecule has 0 spiro atoms. The number of rotatable bonds is 6. The predicted molar refractivity (Wildman–Crippen MR) is 130 cm³/mol. The topological polar surface area (TPSA) is 94.9 Å². The number of aromatic nitrogens is 7. The van der Waals surface area contributed by atoms with Gasteiger partial charge in [-0.05, 0) is 57.5 Å². The average Bonchev–Trinajstić information content (AvgIpc) is 3.50. The summed E-state index contributed by atoms with van der Waals surface area (Å²) in [5, 5.41) is 16.5. The van der Waals surface area contributed by atoms with Gasteiger partial charge >= 0.3 is 0 Å². The van der Waals surface area contributed by atoms with Crippen molar-refractivity contribution < 1.29 is 4.79 Å². The summed E-state index contributed by atoms with van der Waals surface area (Å²) in [6, 6.07) is 13.4. The quantitative estimate of drug-likeness (QED) is 0.418. The molecule has 1 N–H and O–H groups in total. The second-order valence-electron chi connectivity index (χ2n) is 8.33. The van der Waals surface area contributed by atoms with E-state index in [-0.39, 0.29) is 5.91 Å². The SMILES string of the molecule is CCn1ncc(-c2ccnc3cc(C(=O)Nc4cccc(Cn5nc(C)cc5C)c4)nn23)c1C. The van der Waals surface area contributed by atoms with Crippen LogP contribution in [0.5, 0.6) is 0 Å². The van der Waals surface area contributed by atoms with Gasteiger partial charge in [-0.2, -0.15) is 15.3 Å². The number of benzene rings is 1. The maximum atomic E-state index is 13.0. The standard InChI is InChI=1S/C25H26N8O/c1-5-31-18(4)21(14-27-31)23-9-10-26-24-13-22(30-33(23)24)25(34)28-20-8-6-7-19(12-20)15-32-17(3)11-16(2)29-32/h6-14H,5,15H2,1-4H3,(H,28,34). The molecule has 0 aliphatic rings. The number of amides is 1. The Bertz CT molecular complexity index is 1510. The minimum atomic E-state index is -0.291. The molecule has 34 heavy (non-hydrogen) atoms. The Labute approximate surface area is 197 Å². The molecule has 0 radical (unpaired) electrons. The molecule has 0 aliphatic carbocycles. The molecule has 1 amide bonds. The van der Waals surface area contributed by atoms with Gasteiger partial charge in [0.1, 0.15) is 0 Å². The van der Waals surface area contributed by atoms with E-state index in [1.54, 1.807) is 16.8 Å². The number of nitrogens with one attached hydrogen (secondary N) is 1. The number of carbonyl (C=O) groups is 1. The Balaban J connectivity index is 1.40. The van der Waals surface area contributed by atoms with Crippen LogP contribution in [0.1, 0.15) is 40.1 Å². The zero-order valence-electron chi connectivity index (χ0n) is 19.6. The Hall–Kier alpha value is -4.27. The summed E-state index contributed by atoms with van der Waals surface area (Å²) in [4.78, 5) is 17.4. The maximum absolute atomic E-state index is 13.0. The average molecular weight is 455 g/mol. The molecule has 4 heterocycles. The van der Waals surface area contributed by atoms with E-state index >= 15 is 0 Å². The molecule has 4 aromatic heterocycles. The molecule has 9 heteroatoms. The van der Waals surface area contributed by atoms with Crippen LogP contribution in [0.4, 0.5) is 5.69 Å². The van der Waals surface area contributed by atoms with E-state index in [1.165, 1.54) is 0 Å². The van der Waals surface area contributed by atoms with Gasteiger partial charge in [-0.1, -0.05) is 12.1 Å². The van der Waals surface area contributed by atoms with Crippen molar-refractivity contribution in [3.63, 3.8) is 0 Å². The van der Waals surface area contributed by atoms with Crippen molar-refractivity contribution in [2.75, 3.05) is 5.32 Å². The van der Waals surface area contributed by atoms with Crippen molar-refractivity contribution in [1.29, 1.82) is 0 Å².